The number of hydrogen-bond acceptors (Lipinski definition) is 11. The molecule has 2 aromatic rings. The van der Waals surface area contributed by atoms with Gasteiger partial charge in [0.05, 0.1) is 6.20 Å². The van der Waals surface area contributed by atoms with Gasteiger partial charge in [0.1, 0.15) is 35.7 Å². The maximum Gasteiger partial charge on any atom is 0.352 e. The number of carboxylic acid groups (broad SMARTS) is 1. The molecular formula is C20H22N8O5S2. The summed E-state index contributed by atoms with van der Waals surface area (Å²) >= 11 is 2.55. The molecule has 5 heterocycles. The summed E-state index contributed by atoms with van der Waals surface area (Å²) in [5.41, 5.74) is 6.37. The van der Waals surface area contributed by atoms with Crippen molar-refractivity contribution in [1.82, 2.24) is 25.0 Å². The van der Waals surface area contributed by atoms with Crippen LogP contribution in [0.25, 0.3) is 0 Å². The van der Waals surface area contributed by atoms with Gasteiger partial charge in [-0.15, -0.1) is 23.1 Å². The maximum absolute atomic E-state index is 13.0. The second-order valence-electron chi connectivity index (χ2n) is 8.00. The lowest BCUT2D eigenvalue weighted by atomic mass is 10.0. The molecule has 0 spiro atoms. The number of oxime groups is 1. The summed E-state index contributed by atoms with van der Waals surface area (Å²) in [5.74, 6) is -0.996. The number of aromatic nitrogens is 3. The van der Waals surface area contributed by atoms with Crippen LogP contribution in [0, 0.1) is 0 Å². The quantitative estimate of drug-likeness (QED) is 0.256. The van der Waals surface area contributed by atoms with Crippen molar-refractivity contribution in [2.45, 2.75) is 24.4 Å². The van der Waals surface area contributed by atoms with E-state index in [9.17, 15) is 19.5 Å². The Hall–Kier alpha value is -3.59. The Morgan fingerprint density at radius 2 is 2.23 bits per heavy atom. The van der Waals surface area contributed by atoms with E-state index in [-0.39, 0.29) is 22.2 Å². The van der Waals surface area contributed by atoms with Gasteiger partial charge in [-0.2, -0.15) is 5.10 Å². The number of carbonyl (C=O) groups is 3. The number of carboxylic acids is 1. The number of nitrogen functional groups attached to an aromatic ring is 1. The van der Waals surface area contributed by atoms with Crippen molar-refractivity contribution in [2.75, 3.05) is 36.6 Å². The highest BCUT2D eigenvalue weighted by Gasteiger charge is 2.54. The summed E-state index contributed by atoms with van der Waals surface area (Å²) in [6.45, 7) is 1.96. The molecule has 0 radical (unpaired) electrons. The molecule has 2 atom stereocenters. The third-order valence-corrected chi connectivity index (χ3v) is 7.91. The number of fused-ring (bicyclic) bond motifs is 2. The summed E-state index contributed by atoms with van der Waals surface area (Å²) < 4.78 is 1.89. The lowest BCUT2D eigenvalue weighted by Gasteiger charge is -2.49. The highest BCUT2D eigenvalue weighted by atomic mass is 32.2. The molecule has 2 amide bonds. The average molecular weight is 519 g/mol. The molecule has 4 N–H and O–H groups in total. The molecule has 15 heteroatoms. The van der Waals surface area contributed by atoms with Crippen molar-refractivity contribution in [3.63, 3.8) is 0 Å². The van der Waals surface area contributed by atoms with Crippen molar-refractivity contribution in [3.8, 4) is 0 Å². The van der Waals surface area contributed by atoms with Crippen LogP contribution in [0.15, 0.2) is 34.1 Å². The van der Waals surface area contributed by atoms with Gasteiger partial charge in [-0.3, -0.25) is 14.5 Å². The molecule has 1 fully saturated rings. The van der Waals surface area contributed by atoms with Crippen LogP contribution in [0.1, 0.15) is 12.1 Å². The van der Waals surface area contributed by atoms with E-state index < -0.39 is 29.2 Å². The van der Waals surface area contributed by atoms with Crippen LogP contribution in [0.3, 0.4) is 0 Å². The topological polar surface area (TPSA) is 168 Å². The van der Waals surface area contributed by atoms with Crippen molar-refractivity contribution >= 4 is 57.5 Å². The molecule has 0 aromatic carbocycles. The van der Waals surface area contributed by atoms with Crippen molar-refractivity contribution in [2.24, 2.45) is 5.16 Å². The Labute approximate surface area is 207 Å². The van der Waals surface area contributed by atoms with Gasteiger partial charge in [0, 0.05) is 36.8 Å². The summed E-state index contributed by atoms with van der Waals surface area (Å²) in [4.78, 5) is 50.3. The highest BCUT2D eigenvalue weighted by molar-refractivity contribution is 8.00. The number of anilines is 2. The predicted molar refractivity (Wildman–Crippen MR) is 129 cm³/mol. The zero-order valence-corrected chi connectivity index (χ0v) is 20.2. The standard InChI is InChI=1S/C20H22N8O5S2/c1-33-25-13(11-9-35-20(21)23-11)16(29)24-14-17(30)28-15(19(31)32)10(8-34-18(14)28)7-26-5-2-6-27-12(26)3-4-22-27/h3-4,9,14,18H,2,5-8H2,1H3,(H2,21,23)(H,24,29)(H,31,32)/b25-13-/t14-,18-/m1/s1. The number of aryl methyl sites for hydroxylation is 1. The third-order valence-electron chi connectivity index (χ3n) is 5.90. The molecular weight excluding hydrogens is 496 g/mol. The molecule has 0 aliphatic carbocycles. The SMILES string of the molecule is CO/N=C(\C(=O)N[C@@H]1C(=O)N2C(C(=O)O)=C(CN3CCCn4nccc43)CS[C@H]12)c1csc(N)n1. The molecule has 2 aromatic heterocycles. The van der Waals surface area contributed by atoms with Gasteiger partial charge in [0.15, 0.2) is 10.8 Å². The summed E-state index contributed by atoms with van der Waals surface area (Å²) in [7, 11) is 1.29. The number of amides is 2. The van der Waals surface area contributed by atoms with E-state index in [0.29, 0.717) is 17.9 Å². The molecule has 1 saturated heterocycles. The minimum atomic E-state index is -1.17. The second-order valence-corrected chi connectivity index (χ2v) is 9.99. The number of rotatable bonds is 7. The van der Waals surface area contributed by atoms with Crippen LogP contribution in [0.5, 0.6) is 0 Å². The summed E-state index contributed by atoms with van der Waals surface area (Å²) in [6.07, 6.45) is 2.62. The smallest absolute Gasteiger partial charge is 0.352 e. The molecule has 5 rings (SSSR count). The molecule has 0 saturated carbocycles. The van der Waals surface area contributed by atoms with E-state index in [1.807, 2.05) is 10.7 Å². The monoisotopic (exact) mass is 518 g/mol. The van der Waals surface area contributed by atoms with Crippen molar-refractivity contribution < 1.29 is 24.3 Å². The first kappa shape index (κ1) is 23.2. The third kappa shape index (κ3) is 4.10. The number of aliphatic carboxylic acids is 1. The molecule has 13 nitrogen and oxygen atoms in total. The fraction of sp³-hybridized carbons (Fsp3) is 0.400. The molecule has 184 valence electrons. The van der Waals surface area contributed by atoms with Crippen LogP contribution < -0.4 is 16.0 Å². The normalized spacial score (nSPS) is 21.9. The van der Waals surface area contributed by atoms with Crippen LogP contribution in [-0.4, -0.2) is 85.6 Å². The number of nitrogens with zero attached hydrogens (tertiary/aromatic N) is 6. The first-order chi connectivity index (χ1) is 16.9. The number of thiazole rings is 1. The van der Waals surface area contributed by atoms with Crippen LogP contribution in [0.4, 0.5) is 10.9 Å². The molecule has 3 aliphatic rings. The first-order valence-corrected chi connectivity index (χ1v) is 12.6. The number of carbonyl (C=O) groups excluding carboxylic acids is 2. The Balaban J connectivity index is 1.34. The van der Waals surface area contributed by atoms with Gasteiger partial charge >= 0.3 is 5.97 Å². The lowest BCUT2D eigenvalue weighted by Crippen LogP contribution is -2.71. The van der Waals surface area contributed by atoms with E-state index in [1.165, 1.54) is 23.8 Å². The number of hydrogen-bond donors (Lipinski definition) is 3. The van der Waals surface area contributed by atoms with Gasteiger partial charge < -0.3 is 25.9 Å². The fourth-order valence-electron chi connectivity index (χ4n) is 4.39. The van der Waals surface area contributed by atoms with Gasteiger partial charge in [-0.25, -0.2) is 14.5 Å². The van der Waals surface area contributed by atoms with Crippen LogP contribution in [-0.2, 0) is 25.8 Å². The fourth-order valence-corrected chi connectivity index (χ4v) is 6.27. The van der Waals surface area contributed by atoms with Gasteiger partial charge in [-0.05, 0) is 12.0 Å². The zero-order chi connectivity index (χ0) is 24.7. The van der Waals surface area contributed by atoms with Gasteiger partial charge in [0.2, 0.25) is 0 Å². The number of thioether (sulfide) groups is 1. The molecule has 0 unspecified atom stereocenters. The van der Waals surface area contributed by atoms with Gasteiger partial charge in [-0.1, -0.05) is 5.16 Å². The molecule has 35 heavy (non-hydrogen) atoms. The van der Waals surface area contributed by atoms with E-state index in [1.54, 1.807) is 11.6 Å². The highest BCUT2D eigenvalue weighted by Crippen LogP contribution is 2.41. The Kier molecular flexibility index (Phi) is 6.10. The number of nitrogens with one attached hydrogen (secondary N) is 1. The van der Waals surface area contributed by atoms with Crippen LogP contribution >= 0.6 is 23.1 Å². The largest absolute Gasteiger partial charge is 0.477 e. The Morgan fingerprint density at radius 3 is 2.94 bits per heavy atom. The van der Waals surface area contributed by atoms with Crippen molar-refractivity contribution in [3.05, 3.63) is 34.6 Å². The molecule has 0 bridgehead atoms. The van der Waals surface area contributed by atoms with Gasteiger partial charge in [0.25, 0.3) is 11.8 Å². The van der Waals surface area contributed by atoms with E-state index in [2.05, 4.69) is 25.5 Å². The van der Waals surface area contributed by atoms with E-state index >= 15 is 0 Å². The van der Waals surface area contributed by atoms with Crippen molar-refractivity contribution in [1.29, 1.82) is 0 Å². The number of nitrogens with two attached hydrogens (primary N) is 1. The Bertz CT molecular complexity index is 1250. The Morgan fingerprint density at radius 1 is 1.40 bits per heavy atom. The zero-order valence-electron chi connectivity index (χ0n) is 18.6. The minimum absolute atomic E-state index is 0.0288. The average Bonchev–Trinajstić information content (AvgIpc) is 3.49. The van der Waals surface area contributed by atoms with E-state index in [4.69, 9.17) is 10.6 Å². The maximum atomic E-state index is 13.0. The first-order valence-electron chi connectivity index (χ1n) is 10.7. The molecule has 3 aliphatic heterocycles. The number of β-lactam (4-membered cyclic amide) rings is 1. The summed E-state index contributed by atoms with van der Waals surface area (Å²) in [6, 6.07) is 0.992. The van der Waals surface area contributed by atoms with E-state index in [0.717, 1.165) is 36.7 Å². The van der Waals surface area contributed by atoms with Crippen LogP contribution in [0.2, 0.25) is 0 Å². The lowest BCUT2D eigenvalue weighted by molar-refractivity contribution is -0.150. The second kappa shape index (κ2) is 9.22. The summed E-state index contributed by atoms with van der Waals surface area (Å²) in [5, 5.41) is 21.9. The minimum Gasteiger partial charge on any atom is -0.477 e. The predicted octanol–water partition coefficient (Wildman–Crippen LogP) is -0.0788.